The van der Waals surface area contributed by atoms with Gasteiger partial charge in [-0.3, -0.25) is 4.79 Å². The third-order valence-corrected chi connectivity index (χ3v) is 2.08. The van der Waals surface area contributed by atoms with Crippen LogP contribution in [0, 0.1) is 0 Å². The Labute approximate surface area is 87.6 Å². The molecule has 0 saturated carbocycles. The lowest BCUT2D eigenvalue weighted by Crippen LogP contribution is -2.16. The summed E-state index contributed by atoms with van der Waals surface area (Å²) in [5.41, 5.74) is 6.26. The number of nitrogens with zero attached hydrogens (tertiary/aromatic N) is 1. The fourth-order valence-corrected chi connectivity index (χ4v) is 1.33. The predicted octanol–water partition coefficient (Wildman–Crippen LogP) is 0.685. The Morgan fingerprint density at radius 3 is 3.00 bits per heavy atom. The van der Waals surface area contributed by atoms with Crippen molar-refractivity contribution in [1.29, 1.82) is 0 Å². The molecule has 0 atom stereocenters. The molecule has 5 heteroatoms. The van der Waals surface area contributed by atoms with E-state index < -0.39 is 0 Å². The summed E-state index contributed by atoms with van der Waals surface area (Å²) in [5.74, 6) is -0.243. The first-order valence-corrected chi connectivity index (χ1v) is 4.57. The molecule has 1 rings (SSSR count). The number of aryl methyl sites for hydroxylation is 1. The molecule has 0 unspecified atom stereocenters. The monoisotopic (exact) mass is 212 g/mol. The second-order valence-electron chi connectivity index (χ2n) is 2.78. The number of nitrogens with two attached hydrogens (primary N) is 1. The first-order chi connectivity index (χ1) is 6.65. The second-order valence-corrected chi connectivity index (χ2v) is 3.22. The fraction of sp³-hybridized carbons (Fsp3) is 0.333. The Bertz CT molecular complexity index is 346. The summed E-state index contributed by atoms with van der Waals surface area (Å²) >= 11 is 4.85. The second kappa shape index (κ2) is 4.76. The SMILES string of the molecule is COC(=O)CCn1cccc1C(N)=S. The molecule has 0 aromatic carbocycles. The third-order valence-electron chi connectivity index (χ3n) is 1.87. The minimum atomic E-state index is -0.243. The Morgan fingerprint density at radius 1 is 1.71 bits per heavy atom. The zero-order chi connectivity index (χ0) is 10.6. The molecular weight excluding hydrogens is 200 g/mol. The Kier molecular flexibility index (Phi) is 3.64. The molecule has 76 valence electrons. The largest absolute Gasteiger partial charge is 0.469 e. The van der Waals surface area contributed by atoms with Crippen molar-refractivity contribution in [3.8, 4) is 0 Å². The lowest BCUT2D eigenvalue weighted by molar-refractivity contribution is -0.140. The maximum Gasteiger partial charge on any atom is 0.307 e. The molecule has 0 radical (unpaired) electrons. The average molecular weight is 212 g/mol. The zero-order valence-corrected chi connectivity index (χ0v) is 8.71. The molecule has 2 N–H and O–H groups in total. The van der Waals surface area contributed by atoms with Gasteiger partial charge in [0.15, 0.2) is 0 Å². The lowest BCUT2D eigenvalue weighted by Gasteiger charge is -2.06. The van der Waals surface area contributed by atoms with Crippen LogP contribution in [0.4, 0.5) is 0 Å². The normalized spacial score (nSPS) is 9.79. The van der Waals surface area contributed by atoms with Crippen molar-refractivity contribution in [3.63, 3.8) is 0 Å². The van der Waals surface area contributed by atoms with Crippen LogP contribution in [0.15, 0.2) is 18.3 Å². The molecule has 0 spiro atoms. The van der Waals surface area contributed by atoms with Crippen LogP contribution in [0.3, 0.4) is 0 Å². The molecule has 0 aliphatic heterocycles. The van der Waals surface area contributed by atoms with Crippen LogP contribution >= 0.6 is 12.2 Å². The summed E-state index contributed by atoms with van der Waals surface area (Å²) < 4.78 is 6.37. The highest BCUT2D eigenvalue weighted by Gasteiger charge is 2.05. The summed E-state index contributed by atoms with van der Waals surface area (Å²) in [7, 11) is 1.37. The van der Waals surface area contributed by atoms with E-state index in [-0.39, 0.29) is 5.97 Å². The van der Waals surface area contributed by atoms with Gasteiger partial charge in [0.25, 0.3) is 0 Å². The van der Waals surface area contributed by atoms with Gasteiger partial charge in [-0.15, -0.1) is 0 Å². The Hall–Kier alpha value is -1.36. The van der Waals surface area contributed by atoms with Crippen molar-refractivity contribution in [3.05, 3.63) is 24.0 Å². The molecule has 0 aliphatic rings. The lowest BCUT2D eigenvalue weighted by atomic mass is 10.4. The van der Waals surface area contributed by atoms with Crippen molar-refractivity contribution in [2.75, 3.05) is 7.11 Å². The van der Waals surface area contributed by atoms with Gasteiger partial charge in [0.05, 0.1) is 19.2 Å². The number of carbonyl (C=O) groups is 1. The molecule has 1 heterocycles. The number of carbonyl (C=O) groups excluding carboxylic acids is 1. The van der Waals surface area contributed by atoms with Gasteiger partial charge in [0, 0.05) is 12.7 Å². The van der Waals surface area contributed by atoms with Crippen molar-refractivity contribution in [1.82, 2.24) is 4.57 Å². The first kappa shape index (κ1) is 10.7. The highest BCUT2D eigenvalue weighted by atomic mass is 32.1. The van der Waals surface area contributed by atoms with Gasteiger partial charge in [-0.25, -0.2) is 0 Å². The fourth-order valence-electron chi connectivity index (χ4n) is 1.15. The number of hydrogen-bond donors (Lipinski definition) is 1. The topological polar surface area (TPSA) is 57.2 Å². The van der Waals surface area contributed by atoms with E-state index in [0.29, 0.717) is 18.0 Å². The molecular formula is C9H12N2O2S. The van der Waals surface area contributed by atoms with E-state index >= 15 is 0 Å². The number of ether oxygens (including phenoxy) is 1. The number of thiocarbonyl (C=S) groups is 1. The minimum absolute atomic E-state index is 0.243. The predicted molar refractivity (Wildman–Crippen MR) is 57.0 cm³/mol. The van der Waals surface area contributed by atoms with E-state index in [2.05, 4.69) is 4.74 Å². The van der Waals surface area contributed by atoms with E-state index in [4.69, 9.17) is 18.0 Å². The van der Waals surface area contributed by atoms with Gasteiger partial charge in [0.2, 0.25) is 0 Å². The van der Waals surface area contributed by atoms with Crippen LogP contribution in [0.25, 0.3) is 0 Å². The summed E-state index contributed by atoms with van der Waals surface area (Å²) in [6.45, 7) is 0.534. The smallest absolute Gasteiger partial charge is 0.307 e. The first-order valence-electron chi connectivity index (χ1n) is 4.17. The van der Waals surface area contributed by atoms with E-state index in [0.717, 1.165) is 5.69 Å². The minimum Gasteiger partial charge on any atom is -0.469 e. The van der Waals surface area contributed by atoms with E-state index in [1.807, 2.05) is 22.9 Å². The highest BCUT2D eigenvalue weighted by Crippen LogP contribution is 2.03. The van der Waals surface area contributed by atoms with Gasteiger partial charge in [-0.2, -0.15) is 0 Å². The number of rotatable bonds is 4. The zero-order valence-electron chi connectivity index (χ0n) is 7.90. The molecule has 0 saturated heterocycles. The van der Waals surface area contributed by atoms with Crippen LogP contribution in [0.2, 0.25) is 0 Å². The van der Waals surface area contributed by atoms with Gasteiger partial charge in [-0.05, 0) is 12.1 Å². The van der Waals surface area contributed by atoms with Crippen LogP contribution in [0.5, 0.6) is 0 Å². The molecule has 0 fully saturated rings. The Balaban J connectivity index is 2.63. The summed E-state index contributed by atoms with van der Waals surface area (Å²) in [6.07, 6.45) is 2.15. The number of hydrogen-bond acceptors (Lipinski definition) is 3. The maximum atomic E-state index is 10.9. The van der Waals surface area contributed by atoms with Gasteiger partial charge >= 0.3 is 5.97 Å². The molecule has 0 aliphatic carbocycles. The van der Waals surface area contributed by atoms with E-state index in [9.17, 15) is 4.79 Å². The van der Waals surface area contributed by atoms with Gasteiger partial charge in [0.1, 0.15) is 4.99 Å². The molecule has 14 heavy (non-hydrogen) atoms. The van der Waals surface area contributed by atoms with Gasteiger partial charge < -0.3 is 15.0 Å². The van der Waals surface area contributed by atoms with E-state index in [1.165, 1.54) is 7.11 Å². The number of methoxy groups -OCH3 is 1. The van der Waals surface area contributed by atoms with Crippen molar-refractivity contribution in [2.24, 2.45) is 5.73 Å². The van der Waals surface area contributed by atoms with Crippen molar-refractivity contribution >= 4 is 23.2 Å². The van der Waals surface area contributed by atoms with Crippen molar-refractivity contribution in [2.45, 2.75) is 13.0 Å². The molecule has 0 bridgehead atoms. The number of esters is 1. The summed E-state index contributed by atoms with van der Waals surface area (Å²) in [6, 6.07) is 3.66. The van der Waals surface area contributed by atoms with Crippen LogP contribution < -0.4 is 5.73 Å². The number of aromatic nitrogens is 1. The van der Waals surface area contributed by atoms with Crippen molar-refractivity contribution < 1.29 is 9.53 Å². The average Bonchev–Trinajstić information content (AvgIpc) is 2.62. The summed E-state index contributed by atoms with van der Waals surface area (Å²) in [4.78, 5) is 11.2. The highest BCUT2D eigenvalue weighted by molar-refractivity contribution is 7.80. The van der Waals surface area contributed by atoms with Crippen LogP contribution in [0.1, 0.15) is 12.1 Å². The van der Waals surface area contributed by atoms with Crippen LogP contribution in [-0.4, -0.2) is 22.6 Å². The molecule has 1 aromatic rings. The molecule has 0 amide bonds. The standard InChI is InChI=1S/C9H12N2O2S/c1-13-8(12)4-6-11-5-2-3-7(11)9(10)14/h2-3,5H,4,6H2,1H3,(H2,10,14). The molecule has 4 nitrogen and oxygen atoms in total. The Morgan fingerprint density at radius 2 is 2.43 bits per heavy atom. The summed E-state index contributed by atoms with van der Waals surface area (Å²) in [5, 5.41) is 0. The quantitative estimate of drug-likeness (QED) is 0.589. The van der Waals surface area contributed by atoms with E-state index in [1.54, 1.807) is 0 Å². The van der Waals surface area contributed by atoms with Crippen LogP contribution in [-0.2, 0) is 16.1 Å². The molecule has 1 aromatic heterocycles. The van der Waals surface area contributed by atoms with Gasteiger partial charge in [-0.1, -0.05) is 12.2 Å². The third kappa shape index (κ3) is 2.56. The maximum absolute atomic E-state index is 10.9.